The van der Waals surface area contributed by atoms with Crippen LogP contribution in [0.1, 0.15) is 18.7 Å². The van der Waals surface area contributed by atoms with Crippen LogP contribution < -0.4 is 5.32 Å². The molecule has 2 N–H and O–H groups in total. The molecule has 1 saturated heterocycles. The lowest BCUT2D eigenvalue weighted by molar-refractivity contribution is -0.272. The number of nitrogens with zero attached hydrogens (tertiary/aromatic N) is 4. The second kappa shape index (κ2) is 8.78. The summed E-state index contributed by atoms with van der Waals surface area (Å²) in [6.07, 6.45) is -7.53. The minimum Gasteiger partial charge on any atom is -0.374 e. The third-order valence-electron chi connectivity index (χ3n) is 4.70. The summed E-state index contributed by atoms with van der Waals surface area (Å²) in [4.78, 5) is 18.2. The number of hydrogen-bond donors (Lipinski definition) is 2. The Morgan fingerprint density at radius 2 is 1.86 bits per heavy atom. The molecule has 1 fully saturated rings. The third kappa shape index (κ3) is 5.98. The highest BCUT2D eigenvalue weighted by atomic mass is 19.4. The molecule has 1 aromatic heterocycles. The van der Waals surface area contributed by atoms with Crippen LogP contribution in [0.25, 0.3) is 0 Å². The number of urea groups is 1. The van der Waals surface area contributed by atoms with Gasteiger partial charge in [0, 0.05) is 58.6 Å². The first kappa shape index (κ1) is 23.3. The molecule has 2 heterocycles. The van der Waals surface area contributed by atoms with Crippen LogP contribution in [0.2, 0.25) is 0 Å². The van der Waals surface area contributed by atoms with Crippen molar-refractivity contribution in [2.24, 2.45) is 7.05 Å². The highest BCUT2D eigenvalue weighted by Gasteiger charge is 2.57. The van der Waals surface area contributed by atoms with Gasteiger partial charge in [-0.25, -0.2) is 9.78 Å². The fourth-order valence-electron chi connectivity index (χ4n) is 3.19. The van der Waals surface area contributed by atoms with Gasteiger partial charge in [-0.1, -0.05) is 0 Å². The predicted octanol–water partition coefficient (Wildman–Crippen LogP) is 1.84. The molecule has 0 bridgehead atoms. The summed E-state index contributed by atoms with van der Waals surface area (Å²) in [5.41, 5.74) is -3.25. The molecule has 1 aromatic rings. The number of imidazole rings is 1. The standard InChI is InChI=1S/C16H23F6N5O2/c1-25-8-5-23-12(25)14(29,16(20,21)22)3-4-24-13(28)27-7-2-6-26(9-10-27)11-15(17,18)19/h5,8,29H,2-4,6-7,9-11H2,1H3,(H,24,28). The molecule has 0 aliphatic carbocycles. The van der Waals surface area contributed by atoms with Crippen molar-refractivity contribution in [2.75, 3.05) is 39.3 Å². The van der Waals surface area contributed by atoms with E-state index in [-0.39, 0.29) is 26.2 Å². The number of hydrogen-bond acceptors (Lipinski definition) is 4. The van der Waals surface area contributed by atoms with Crippen molar-refractivity contribution in [1.29, 1.82) is 0 Å². The monoisotopic (exact) mass is 431 g/mol. The van der Waals surface area contributed by atoms with Gasteiger partial charge in [-0.05, 0) is 6.42 Å². The lowest BCUT2D eigenvalue weighted by atomic mass is 9.97. The number of aromatic nitrogens is 2. The van der Waals surface area contributed by atoms with Crippen molar-refractivity contribution in [2.45, 2.75) is 30.8 Å². The highest BCUT2D eigenvalue weighted by Crippen LogP contribution is 2.40. The average Bonchev–Trinajstić information content (AvgIpc) is 2.88. The third-order valence-corrected chi connectivity index (χ3v) is 4.70. The van der Waals surface area contributed by atoms with E-state index >= 15 is 0 Å². The minimum atomic E-state index is -5.02. The van der Waals surface area contributed by atoms with Crippen LogP contribution in [0, 0.1) is 0 Å². The largest absolute Gasteiger partial charge is 0.424 e. The maximum absolute atomic E-state index is 13.4. The van der Waals surface area contributed by atoms with Crippen LogP contribution in [-0.2, 0) is 12.6 Å². The zero-order valence-electron chi connectivity index (χ0n) is 15.7. The van der Waals surface area contributed by atoms with Gasteiger partial charge in [0.1, 0.15) is 5.82 Å². The first-order chi connectivity index (χ1) is 13.3. The number of nitrogens with one attached hydrogen (secondary N) is 1. The molecule has 1 unspecified atom stereocenters. The lowest BCUT2D eigenvalue weighted by Gasteiger charge is -2.30. The van der Waals surface area contributed by atoms with Gasteiger partial charge in [-0.2, -0.15) is 26.3 Å². The van der Waals surface area contributed by atoms with Crippen LogP contribution >= 0.6 is 0 Å². The lowest BCUT2D eigenvalue weighted by Crippen LogP contribution is -2.48. The zero-order valence-corrected chi connectivity index (χ0v) is 15.7. The second-order valence-corrected chi connectivity index (χ2v) is 6.93. The predicted molar refractivity (Wildman–Crippen MR) is 89.9 cm³/mol. The molecule has 2 rings (SSSR count). The molecule has 0 radical (unpaired) electrons. The molecule has 2 amide bonds. The van der Waals surface area contributed by atoms with Crippen molar-refractivity contribution in [3.05, 3.63) is 18.2 Å². The number of alkyl halides is 6. The Bertz CT molecular complexity index is 692. The van der Waals surface area contributed by atoms with Crippen LogP contribution in [0.5, 0.6) is 0 Å². The van der Waals surface area contributed by atoms with Crippen molar-refractivity contribution in [3.8, 4) is 0 Å². The van der Waals surface area contributed by atoms with E-state index in [0.29, 0.717) is 6.42 Å². The molecule has 1 aliphatic rings. The number of aliphatic hydroxyl groups is 1. The number of halogens is 6. The Hall–Kier alpha value is -2.02. The molecule has 0 spiro atoms. The Labute approximate surface area is 163 Å². The topological polar surface area (TPSA) is 73.6 Å². The van der Waals surface area contributed by atoms with Crippen molar-refractivity contribution >= 4 is 6.03 Å². The molecule has 1 aliphatic heterocycles. The molecule has 1 atom stereocenters. The van der Waals surface area contributed by atoms with Gasteiger partial charge >= 0.3 is 18.4 Å². The minimum absolute atomic E-state index is 0.00664. The van der Waals surface area contributed by atoms with Crippen molar-refractivity contribution < 1.29 is 36.2 Å². The molecule has 0 saturated carbocycles. The van der Waals surface area contributed by atoms with E-state index in [2.05, 4.69) is 10.3 Å². The number of amides is 2. The van der Waals surface area contributed by atoms with E-state index in [9.17, 15) is 36.2 Å². The molecule has 7 nitrogen and oxygen atoms in total. The van der Waals surface area contributed by atoms with E-state index in [4.69, 9.17) is 0 Å². The summed E-state index contributed by atoms with van der Waals surface area (Å²) < 4.78 is 78.8. The zero-order chi connectivity index (χ0) is 21.9. The Kier molecular flexibility index (Phi) is 7.04. The Morgan fingerprint density at radius 3 is 2.41 bits per heavy atom. The van der Waals surface area contributed by atoms with Crippen LogP contribution in [-0.4, -0.2) is 82.1 Å². The molecule has 29 heavy (non-hydrogen) atoms. The maximum atomic E-state index is 13.4. The van der Waals surface area contributed by atoms with Crippen LogP contribution in [0.3, 0.4) is 0 Å². The van der Waals surface area contributed by atoms with Gasteiger partial charge in [0.2, 0.25) is 5.60 Å². The summed E-state index contributed by atoms with van der Waals surface area (Å²) in [5, 5.41) is 12.5. The highest BCUT2D eigenvalue weighted by molar-refractivity contribution is 5.74. The van der Waals surface area contributed by atoms with Crippen molar-refractivity contribution in [1.82, 2.24) is 24.7 Å². The fraction of sp³-hybridized carbons (Fsp3) is 0.750. The Morgan fingerprint density at radius 1 is 1.17 bits per heavy atom. The summed E-state index contributed by atoms with van der Waals surface area (Å²) in [6, 6.07) is -0.691. The maximum Gasteiger partial charge on any atom is 0.424 e. The van der Waals surface area contributed by atoms with Gasteiger partial charge in [0.25, 0.3) is 0 Å². The number of carbonyl (C=O) groups excluding carboxylic acids is 1. The van der Waals surface area contributed by atoms with Gasteiger partial charge in [0.15, 0.2) is 0 Å². The summed E-state index contributed by atoms with van der Waals surface area (Å²) in [7, 11) is 1.31. The van der Waals surface area contributed by atoms with E-state index in [1.54, 1.807) is 0 Å². The number of aryl methyl sites for hydroxylation is 1. The molecule has 166 valence electrons. The van der Waals surface area contributed by atoms with Gasteiger partial charge in [0.05, 0.1) is 6.54 Å². The fourth-order valence-corrected chi connectivity index (χ4v) is 3.19. The smallest absolute Gasteiger partial charge is 0.374 e. The normalized spacial score (nSPS) is 19.0. The van der Waals surface area contributed by atoms with Gasteiger partial charge in [-0.3, -0.25) is 4.90 Å². The summed E-state index contributed by atoms with van der Waals surface area (Å²) >= 11 is 0. The number of carbonyl (C=O) groups is 1. The molecule has 13 heteroatoms. The molecular formula is C16H23F6N5O2. The first-order valence-corrected chi connectivity index (χ1v) is 8.92. The molecular weight excluding hydrogens is 408 g/mol. The van der Waals surface area contributed by atoms with E-state index in [1.807, 2.05) is 0 Å². The van der Waals surface area contributed by atoms with Gasteiger partial charge in [-0.15, -0.1) is 0 Å². The van der Waals surface area contributed by atoms with E-state index in [1.165, 1.54) is 23.0 Å². The average molecular weight is 431 g/mol. The quantitative estimate of drug-likeness (QED) is 0.698. The second-order valence-electron chi connectivity index (χ2n) is 6.93. The summed E-state index contributed by atoms with van der Waals surface area (Å²) in [6.45, 7) is -1.20. The van der Waals surface area contributed by atoms with Crippen molar-refractivity contribution in [3.63, 3.8) is 0 Å². The van der Waals surface area contributed by atoms with Crippen LogP contribution in [0.4, 0.5) is 31.1 Å². The molecule has 0 aromatic carbocycles. The van der Waals surface area contributed by atoms with Crippen LogP contribution in [0.15, 0.2) is 12.4 Å². The van der Waals surface area contributed by atoms with E-state index in [0.717, 1.165) is 10.8 Å². The summed E-state index contributed by atoms with van der Waals surface area (Å²) in [5.74, 6) is -0.600. The first-order valence-electron chi connectivity index (χ1n) is 8.92. The van der Waals surface area contributed by atoms with E-state index < -0.39 is 49.3 Å². The number of rotatable bonds is 5. The SMILES string of the molecule is Cn1ccnc1C(O)(CCNC(=O)N1CCCN(CC(F)(F)F)CC1)C(F)(F)F. The Balaban J connectivity index is 1.92. The van der Waals surface area contributed by atoms with Gasteiger partial charge < -0.3 is 19.9 Å².